The van der Waals surface area contributed by atoms with Gasteiger partial charge in [0.15, 0.2) is 6.61 Å². The fourth-order valence-corrected chi connectivity index (χ4v) is 5.06. The molecule has 0 radical (unpaired) electrons. The Morgan fingerprint density at radius 3 is 2.55 bits per heavy atom. The predicted molar refractivity (Wildman–Crippen MR) is 123 cm³/mol. The van der Waals surface area contributed by atoms with E-state index >= 15 is 0 Å². The van der Waals surface area contributed by atoms with Gasteiger partial charge in [-0.25, -0.2) is 9.78 Å². The lowest BCUT2D eigenvalue weighted by Crippen LogP contribution is -2.36. The highest BCUT2D eigenvalue weighted by molar-refractivity contribution is 8.00. The number of aromatic nitrogens is 1. The molecule has 3 rings (SSSR count). The molecule has 1 saturated carbocycles. The minimum Gasteiger partial charge on any atom is -0.482 e. The Bertz CT molecular complexity index is 884. The Kier molecular flexibility index (Phi) is 9.09. The van der Waals surface area contributed by atoms with Crippen LogP contribution in [0.25, 0.3) is 0 Å². The van der Waals surface area contributed by atoms with Gasteiger partial charge in [-0.2, -0.15) is 0 Å². The average Bonchev–Trinajstić information content (AvgIpc) is 2.78. The SMILES string of the molecule is CCCSc1nc(Sc2ccc(OCC(=O)O)cc2)ccc1C(=O)NC1CCCCC1. The number of ether oxygens (including phenoxy) is 1. The van der Waals surface area contributed by atoms with Crippen LogP contribution in [0, 0.1) is 0 Å². The van der Waals surface area contributed by atoms with Gasteiger partial charge in [0.05, 0.1) is 5.56 Å². The van der Waals surface area contributed by atoms with Crippen LogP contribution in [0.4, 0.5) is 0 Å². The van der Waals surface area contributed by atoms with Crippen molar-refractivity contribution in [2.75, 3.05) is 12.4 Å². The smallest absolute Gasteiger partial charge is 0.341 e. The number of amides is 1. The molecule has 0 unspecified atom stereocenters. The number of rotatable bonds is 10. The first-order valence-corrected chi connectivity index (χ1v) is 12.4. The molecule has 1 amide bonds. The highest BCUT2D eigenvalue weighted by Crippen LogP contribution is 2.31. The zero-order valence-electron chi connectivity index (χ0n) is 17.6. The van der Waals surface area contributed by atoms with Gasteiger partial charge in [0.2, 0.25) is 0 Å². The molecule has 2 aromatic rings. The Morgan fingerprint density at radius 2 is 1.87 bits per heavy atom. The second-order valence-corrected chi connectivity index (χ2v) is 9.59. The van der Waals surface area contributed by atoms with Gasteiger partial charge in [-0.3, -0.25) is 4.79 Å². The Labute approximate surface area is 191 Å². The molecular weight excluding hydrogens is 432 g/mol. The van der Waals surface area contributed by atoms with E-state index in [1.54, 1.807) is 23.9 Å². The Balaban J connectivity index is 1.69. The molecule has 0 saturated heterocycles. The van der Waals surface area contributed by atoms with Gasteiger partial charge in [0.1, 0.15) is 15.8 Å². The van der Waals surface area contributed by atoms with Crippen LogP contribution in [0.3, 0.4) is 0 Å². The summed E-state index contributed by atoms with van der Waals surface area (Å²) in [6.45, 7) is 1.75. The second-order valence-electron chi connectivity index (χ2n) is 7.41. The summed E-state index contributed by atoms with van der Waals surface area (Å²) in [4.78, 5) is 29.2. The monoisotopic (exact) mass is 460 g/mol. The molecule has 8 heteroatoms. The number of pyridine rings is 1. The highest BCUT2D eigenvalue weighted by atomic mass is 32.2. The number of carboxylic acid groups (broad SMARTS) is 1. The van der Waals surface area contributed by atoms with Crippen LogP contribution in [-0.2, 0) is 4.79 Å². The Morgan fingerprint density at radius 1 is 1.13 bits per heavy atom. The summed E-state index contributed by atoms with van der Waals surface area (Å²) in [6.07, 6.45) is 6.72. The van der Waals surface area contributed by atoms with Crippen molar-refractivity contribution in [2.24, 2.45) is 0 Å². The number of aliphatic carboxylic acids is 1. The van der Waals surface area contributed by atoms with Crippen LogP contribution in [0.1, 0.15) is 55.8 Å². The quantitative estimate of drug-likeness (QED) is 0.468. The number of carbonyl (C=O) groups is 2. The number of hydrogen-bond donors (Lipinski definition) is 2. The summed E-state index contributed by atoms with van der Waals surface area (Å²) < 4.78 is 5.17. The van der Waals surface area contributed by atoms with E-state index in [4.69, 9.17) is 14.8 Å². The molecule has 166 valence electrons. The van der Waals surface area contributed by atoms with Gasteiger partial charge in [-0.05, 0) is 61.4 Å². The van der Waals surface area contributed by atoms with E-state index in [1.165, 1.54) is 31.0 Å². The zero-order chi connectivity index (χ0) is 22.1. The predicted octanol–water partition coefficient (Wildman–Crippen LogP) is 5.26. The van der Waals surface area contributed by atoms with Crippen LogP contribution in [0.5, 0.6) is 5.75 Å². The van der Waals surface area contributed by atoms with E-state index in [0.717, 1.165) is 40.0 Å². The highest BCUT2D eigenvalue weighted by Gasteiger charge is 2.20. The van der Waals surface area contributed by atoms with Gasteiger partial charge in [0.25, 0.3) is 5.91 Å². The molecule has 1 aliphatic carbocycles. The third-order valence-electron chi connectivity index (χ3n) is 4.87. The molecule has 0 aliphatic heterocycles. The molecule has 6 nitrogen and oxygen atoms in total. The number of nitrogens with zero attached hydrogens (tertiary/aromatic N) is 1. The van der Waals surface area contributed by atoms with Gasteiger partial charge >= 0.3 is 5.97 Å². The normalized spacial score (nSPS) is 14.2. The second kappa shape index (κ2) is 12.0. The largest absolute Gasteiger partial charge is 0.482 e. The molecular formula is C23H28N2O4S2. The first-order valence-electron chi connectivity index (χ1n) is 10.6. The van der Waals surface area contributed by atoms with Gasteiger partial charge in [-0.15, -0.1) is 11.8 Å². The lowest BCUT2D eigenvalue weighted by atomic mass is 9.95. The van der Waals surface area contributed by atoms with Crippen LogP contribution in [0.15, 0.2) is 51.3 Å². The summed E-state index contributed by atoms with van der Waals surface area (Å²) in [7, 11) is 0. The number of carbonyl (C=O) groups excluding carboxylic acids is 1. The molecule has 1 aromatic carbocycles. The molecule has 2 N–H and O–H groups in total. The maximum atomic E-state index is 12.9. The van der Waals surface area contributed by atoms with Crippen molar-refractivity contribution in [3.05, 3.63) is 42.0 Å². The minimum atomic E-state index is -1.01. The van der Waals surface area contributed by atoms with Crippen molar-refractivity contribution in [3.63, 3.8) is 0 Å². The maximum absolute atomic E-state index is 12.9. The molecule has 1 heterocycles. The van der Waals surface area contributed by atoms with Crippen molar-refractivity contribution in [1.29, 1.82) is 0 Å². The topological polar surface area (TPSA) is 88.5 Å². The van der Waals surface area contributed by atoms with Crippen molar-refractivity contribution in [2.45, 2.75) is 66.4 Å². The molecule has 1 fully saturated rings. The minimum absolute atomic E-state index is 0.0329. The van der Waals surface area contributed by atoms with Gasteiger partial charge in [-0.1, -0.05) is 37.9 Å². The molecule has 31 heavy (non-hydrogen) atoms. The molecule has 0 bridgehead atoms. The third kappa shape index (κ3) is 7.47. The van der Waals surface area contributed by atoms with Gasteiger partial charge < -0.3 is 15.2 Å². The summed E-state index contributed by atoms with van der Waals surface area (Å²) in [5.74, 6) is 0.371. The van der Waals surface area contributed by atoms with Crippen LogP contribution in [-0.4, -0.2) is 40.4 Å². The van der Waals surface area contributed by atoms with E-state index in [0.29, 0.717) is 11.3 Å². The van der Waals surface area contributed by atoms with Crippen molar-refractivity contribution < 1.29 is 19.4 Å². The lowest BCUT2D eigenvalue weighted by Gasteiger charge is -2.23. The number of benzene rings is 1. The molecule has 0 spiro atoms. The van der Waals surface area contributed by atoms with Gasteiger partial charge in [0, 0.05) is 10.9 Å². The summed E-state index contributed by atoms with van der Waals surface area (Å²) >= 11 is 3.11. The first-order chi connectivity index (χ1) is 15.0. The van der Waals surface area contributed by atoms with E-state index < -0.39 is 5.97 Å². The number of thioether (sulfide) groups is 1. The lowest BCUT2D eigenvalue weighted by molar-refractivity contribution is -0.139. The van der Waals surface area contributed by atoms with E-state index in [2.05, 4.69) is 12.2 Å². The number of nitrogens with one attached hydrogen (secondary N) is 1. The fraction of sp³-hybridized carbons (Fsp3) is 0.435. The summed E-state index contributed by atoms with van der Waals surface area (Å²) in [5.41, 5.74) is 0.644. The van der Waals surface area contributed by atoms with Crippen molar-refractivity contribution in [3.8, 4) is 5.75 Å². The maximum Gasteiger partial charge on any atom is 0.341 e. The van der Waals surface area contributed by atoms with Crippen molar-refractivity contribution in [1.82, 2.24) is 10.3 Å². The Hall–Kier alpha value is -2.19. The standard InChI is InChI=1S/C23H28N2O4S2/c1-2-14-30-23-19(22(28)24-16-6-4-3-5-7-16)12-13-20(25-23)31-18-10-8-17(9-11-18)29-15-21(26)27/h8-13,16H,2-7,14-15H2,1H3,(H,24,28)(H,26,27). The average molecular weight is 461 g/mol. The van der Waals surface area contributed by atoms with Crippen LogP contribution in [0.2, 0.25) is 0 Å². The van der Waals surface area contributed by atoms with Crippen LogP contribution < -0.4 is 10.1 Å². The third-order valence-corrected chi connectivity index (χ3v) is 7.01. The van der Waals surface area contributed by atoms with E-state index in [1.807, 2.05) is 24.3 Å². The summed E-state index contributed by atoms with van der Waals surface area (Å²) in [5, 5.41) is 13.5. The zero-order valence-corrected chi connectivity index (χ0v) is 19.3. The summed E-state index contributed by atoms with van der Waals surface area (Å²) in [6, 6.07) is 11.2. The number of carboxylic acids is 1. The molecule has 1 aliphatic rings. The molecule has 1 aromatic heterocycles. The van der Waals surface area contributed by atoms with E-state index in [-0.39, 0.29) is 18.6 Å². The first kappa shape index (κ1) is 23.5. The van der Waals surface area contributed by atoms with E-state index in [9.17, 15) is 9.59 Å². The van der Waals surface area contributed by atoms with Crippen molar-refractivity contribution >= 4 is 35.4 Å². The number of hydrogen-bond acceptors (Lipinski definition) is 6. The van der Waals surface area contributed by atoms with Crippen LogP contribution >= 0.6 is 23.5 Å². The fourth-order valence-electron chi connectivity index (χ4n) is 3.34. The molecule has 0 atom stereocenters.